The van der Waals surface area contributed by atoms with Gasteiger partial charge < -0.3 is 30.9 Å². The number of Topliss-reactive ketones (excluding diaryl/α,β-unsaturated/α-hetero) is 1. The van der Waals surface area contributed by atoms with Crippen LogP contribution in [0.1, 0.15) is 66.7 Å². The Labute approximate surface area is 239 Å². The number of ketones is 1. The Bertz CT molecular complexity index is 959. The fourth-order valence-electron chi connectivity index (χ4n) is 4.16. The van der Waals surface area contributed by atoms with E-state index in [2.05, 4.69) is 26.0 Å². The number of carbonyl (C=O) groups excluding carboxylic acids is 7. The largest absolute Gasteiger partial charge is 0.469 e. The van der Waals surface area contributed by atoms with E-state index in [1.54, 1.807) is 0 Å². The van der Waals surface area contributed by atoms with Crippen molar-refractivity contribution in [1.29, 1.82) is 0 Å². The lowest BCUT2D eigenvalue weighted by Gasteiger charge is -2.29. The van der Waals surface area contributed by atoms with Gasteiger partial charge in [-0.05, 0) is 46.0 Å². The summed E-state index contributed by atoms with van der Waals surface area (Å²) in [4.78, 5) is 87.8. The van der Waals surface area contributed by atoms with Crippen molar-refractivity contribution in [3.8, 4) is 0 Å². The molecule has 40 heavy (non-hydrogen) atoms. The van der Waals surface area contributed by atoms with Crippen molar-refractivity contribution in [3.63, 3.8) is 0 Å². The van der Waals surface area contributed by atoms with E-state index in [1.165, 1.54) is 32.8 Å². The highest BCUT2D eigenvalue weighted by Crippen LogP contribution is 2.19. The number of carbonyl (C=O) groups is 7. The highest BCUT2D eigenvalue weighted by molar-refractivity contribution is 6.28. The fraction of sp³-hybridized carbons (Fsp3) is 0.731. The van der Waals surface area contributed by atoms with E-state index in [1.807, 2.05) is 13.8 Å². The number of ether oxygens (including phenoxy) is 1. The molecule has 0 aromatic carbocycles. The summed E-state index contributed by atoms with van der Waals surface area (Å²) in [6.07, 6.45) is 1.13. The van der Waals surface area contributed by atoms with Crippen LogP contribution in [0.3, 0.4) is 0 Å². The molecule has 5 amide bonds. The predicted octanol–water partition coefficient (Wildman–Crippen LogP) is -0.216. The Morgan fingerprint density at radius 2 is 1.43 bits per heavy atom. The Hall–Kier alpha value is -3.22. The van der Waals surface area contributed by atoms with E-state index in [0.29, 0.717) is 25.8 Å². The minimum Gasteiger partial charge on any atom is -0.469 e. The summed E-state index contributed by atoms with van der Waals surface area (Å²) in [5, 5.41) is 10.2. The van der Waals surface area contributed by atoms with Gasteiger partial charge in [-0.2, -0.15) is 0 Å². The first-order valence-corrected chi connectivity index (χ1v) is 13.9. The molecule has 1 saturated heterocycles. The van der Waals surface area contributed by atoms with Crippen LogP contribution in [0.4, 0.5) is 0 Å². The summed E-state index contributed by atoms with van der Waals surface area (Å²) in [7, 11) is 1.20. The predicted molar refractivity (Wildman–Crippen MR) is 146 cm³/mol. The SMILES string of the molecule is COC(=O)CCC(=O)N[C@@H](C)C(=O)N[C@@H](C)C(=O)N[C@@H](C)C(=O)N1CCC[C@H]1C(=O)N[C@@H](CC(C)C)C(=O)CCl. The van der Waals surface area contributed by atoms with Crippen molar-refractivity contribution in [2.75, 3.05) is 19.5 Å². The molecule has 0 saturated carbocycles. The van der Waals surface area contributed by atoms with Crippen LogP contribution in [0, 0.1) is 5.92 Å². The lowest BCUT2D eigenvalue weighted by Crippen LogP contribution is -2.57. The minimum atomic E-state index is -1.03. The quantitative estimate of drug-likeness (QED) is 0.150. The molecule has 4 N–H and O–H groups in total. The van der Waals surface area contributed by atoms with Crippen molar-refractivity contribution in [2.24, 2.45) is 5.92 Å². The standard InChI is InChI=1S/C26H42ClN5O8/c1-14(2)12-18(20(33)13-27)31-25(38)19-8-7-11-32(19)26(39)17(5)30-24(37)16(4)29-23(36)15(3)28-21(34)9-10-22(35)40-6/h14-19H,7-13H2,1-6H3,(H,28,34)(H,29,36)(H,30,37)(H,31,38)/t15-,16-,17-,18-,19-/m0/s1. The Morgan fingerprint density at radius 1 is 0.850 bits per heavy atom. The van der Waals surface area contributed by atoms with Gasteiger partial charge in [0.05, 0.1) is 25.5 Å². The Balaban J connectivity index is 2.67. The van der Waals surface area contributed by atoms with Crippen molar-refractivity contribution in [1.82, 2.24) is 26.2 Å². The zero-order chi connectivity index (χ0) is 30.6. The van der Waals surface area contributed by atoms with Gasteiger partial charge in [-0.3, -0.25) is 33.6 Å². The van der Waals surface area contributed by atoms with Crippen molar-refractivity contribution < 1.29 is 38.3 Å². The van der Waals surface area contributed by atoms with Gasteiger partial charge in [-0.15, -0.1) is 11.6 Å². The number of nitrogens with zero attached hydrogens (tertiary/aromatic N) is 1. The van der Waals surface area contributed by atoms with Crippen LogP contribution >= 0.6 is 11.6 Å². The van der Waals surface area contributed by atoms with Gasteiger partial charge in [0.2, 0.25) is 29.5 Å². The van der Waals surface area contributed by atoms with E-state index in [9.17, 15) is 33.6 Å². The van der Waals surface area contributed by atoms with Gasteiger partial charge in [-0.25, -0.2) is 0 Å². The molecule has 14 heteroatoms. The number of nitrogens with one attached hydrogen (secondary N) is 4. The second-order valence-corrected chi connectivity index (χ2v) is 10.6. The van der Waals surface area contributed by atoms with Crippen molar-refractivity contribution >= 4 is 52.9 Å². The lowest BCUT2D eigenvalue weighted by molar-refractivity contribution is -0.142. The van der Waals surface area contributed by atoms with Crippen LogP contribution < -0.4 is 21.3 Å². The van der Waals surface area contributed by atoms with Gasteiger partial charge in [0.1, 0.15) is 24.2 Å². The molecule has 0 aromatic heterocycles. The molecule has 1 aliphatic rings. The van der Waals surface area contributed by atoms with Crippen LogP contribution in [0.15, 0.2) is 0 Å². The van der Waals surface area contributed by atoms with E-state index >= 15 is 0 Å². The van der Waals surface area contributed by atoms with Crippen LogP contribution in [-0.4, -0.2) is 95.9 Å². The molecule has 0 aromatic rings. The molecule has 0 aliphatic carbocycles. The van der Waals surface area contributed by atoms with E-state index in [-0.39, 0.29) is 30.4 Å². The van der Waals surface area contributed by atoms with Gasteiger partial charge in [-0.1, -0.05) is 13.8 Å². The number of rotatable bonds is 15. The molecule has 0 unspecified atom stereocenters. The summed E-state index contributed by atoms with van der Waals surface area (Å²) in [5.41, 5.74) is 0. The molecular formula is C26H42ClN5O8. The molecule has 1 fully saturated rings. The number of methoxy groups -OCH3 is 1. The molecule has 1 aliphatic heterocycles. The summed E-state index contributed by atoms with van der Waals surface area (Å²) < 4.78 is 4.46. The molecule has 1 heterocycles. The maximum absolute atomic E-state index is 13.1. The van der Waals surface area contributed by atoms with Gasteiger partial charge in [0.15, 0.2) is 5.78 Å². The molecule has 13 nitrogen and oxygen atoms in total. The van der Waals surface area contributed by atoms with Crippen molar-refractivity contribution in [3.05, 3.63) is 0 Å². The zero-order valence-electron chi connectivity index (χ0n) is 24.0. The maximum Gasteiger partial charge on any atom is 0.306 e. The maximum atomic E-state index is 13.1. The number of halogens is 1. The number of alkyl halides is 1. The second-order valence-electron chi connectivity index (χ2n) is 10.3. The summed E-state index contributed by atoms with van der Waals surface area (Å²) in [5.74, 6) is -3.67. The van der Waals surface area contributed by atoms with Gasteiger partial charge in [0, 0.05) is 13.0 Å². The molecule has 1 rings (SSSR count). The second kappa shape index (κ2) is 16.8. The lowest BCUT2D eigenvalue weighted by atomic mass is 10.0. The number of amides is 5. The average Bonchev–Trinajstić information content (AvgIpc) is 3.39. The van der Waals surface area contributed by atoms with E-state index < -0.39 is 65.7 Å². The van der Waals surface area contributed by atoms with Crippen LogP contribution in [-0.2, 0) is 38.3 Å². The third-order valence-corrected chi connectivity index (χ3v) is 6.68. The molecule has 0 bridgehead atoms. The van der Waals surface area contributed by atoms with E-state index in [0.717, 1.165) is 0 Å². The summed E-state index contributed by atoms with van der Waals surface area (Å²) in [6, 6.07) is -4.54. The summed E-state index contributed by atoms with van der Waals surface area (Å²) >= 11 is 5.70. The molecule has 0 radical (unpaired) electrons. The first kappa shape index (κ1) is 34.8. The third kappa shape index (κ3) is 11.1. The van der Waals surface area contributed by atoms with E-state index in [4.69, 9.17) is 11.6 Å². The van der Waals surface area contributed by atoms with Crippen LogP contribution in [0.25, 0.3) is 0 Å². The minimum absolute atomic E-state index is 0.134. The van der Waals surface area contributed by atoms with Gasteiger partial charge >= 0.3 is 5.97 Å². The van der Waals surface area contributed by atoms with Crippen molar-refractivity contribution in [2.45, 2.75) is 96.9 Å². The first-order chi connectivity index (χ1) is 18.7. The highest BCUT2D eigenvalue weighted by atomic mass is 35.5. The number of hydrogen-bond donors (Lipinski definition) is 4. The Kier molecular flexibility index (Phi) is 14.6. The number of likely N-dealkylation sites (tertiary alicyclic amines) is 1. The van der Waals surface area contributed by atoms with Gasteiger partial charge in [0.25, 0.3) is 0 Å². The smallest absolute Gasteiger partial charge is 0.306 e. The third-order valence-electron chi connectivity index (χ3n) is 6.42. The normalized spacial score (nSPS) is 17.7. The van der Waals surface area contributed by atoms with Crippen LogP contribution in [0.5, 0.6) is 0 Å². The number of esters is 1. The molecular weight excluding hydrogens is 546 g/mol. The van der Waals surface area contributed by atoms with Crippen LogP contribution in [0.2, 0.25) is 0 Å². The molecule has 0 spiro atoms. The first-order valence-electron chi connectivity index (χ1n) is 13.4. The average molecular weight is 588 g/mol. The topological polar surface area (TPSA) is 180 Å². The fourth-order valence-corrected chi connectivity index (χ4v) is 4.34. The zero-order valence-corrected chi connectivity index (χ0v) is 24.8. The molecule has 5 atom stereocenters. The monoisotopic (exact) mass is 587 g/mol. The molecule has 226 valence electrons. The highest BCUT2D eigenvalue weighted by Gasteiger charge is 2.38. The Morgan fingerprint density at radius 3 is 1.98 bits per heavy atom. The number of hydrogen-bond acceptors (Lipinski definition) is 8. The summed E-state index contributed by atoms with van der Waals surface area (Å²) in [6.45, 7) is 8.48.